The van der Waals surface area contributed by atoms with Crippen LogP contribution in [0.2, 0.25) is 0 Å². The topological polar surface area (TPSA) is 89.9 Å². The van der Waals surface area contributed by atoms with E-state index in [0.717, 1.165) is 18.4 Å². The number of carbonyl (C=O) groups excluding carboxylic acids is 1. The van der Waals surface area contributed by atoms with Crippen molar-refractivity contribution in [2.24, 2.45) is 5.73 Å². The summed E-state index contributed by atoms with van der Waals surface area (Å²) >= 11 is 0. The van der Waals surface area contributed by atoms with Gasteiger partial charge in [0, 0.05) is 25.6 Å². The van der Waals surface area contributed by atoms with Crippen molar-refractivity contribution in [3.05, 3.63) is 41.5 Å². The summed E-state index contributed by atoms with van der Waals surface area (Å²) in [6.45, 7) is 3.04. The van der Waals surface area contributed by atoms with Crippen molar-refractivity contribution in [2.45, 2.75) is 38.3 Å². The van der Waals surface area contributed by atoms with E-state index in [1.807, 2.05) is 4.90 Å². The molecule has 2 heterocycles. The average molecular weight is 369 g/mol. The van der Waals surface area contributed by atoms with Crippen LogP contribution in [-0.4, -0.2) is 50.1 Å². The van der Waals surface area contributed by atoms with E-state index < -0.39 is 6.04 Å². The number of amides is 1. The van der Waals surface area contributed by atoms with Crippen LogP contribution in [0.3, 0.4) is 0 Å². The number of halogens is 2. The van der Waals surface area contributed by atoms with Crippen LogP contribution in [0, 0.1) is 12.7 Å². The number of nitrogens with two attached hydrogens (primary N) is 1. The molecule has 2 N–H and O–H groups in total. The Morgan fingerprint density at radius 3 is 2.52 bits per heavy atom. The highest BCUT2D eigenvalue weighted by molar-refractivity contribution is 5.85. The number of nitrogens with zero attached hydrogens (tertiary/aromatic N) is 5. The first-order valence-corrected chi connectivity index (χ1v) is 8.08. The second-order valence-electron chi connectivity index (χ2n) is 6.18. The predicted octanol–water partition coefficient (Wildman–Crippen LogP) is 1.28. The molecule has 1 saturated heterocycles. The van der Waals surface area contributed by atoms with E-state index in [1.165, 1.54) is 12.1 Å². The molecule has 1 aliphatic rings. The molecule has 1 fully saturated rings. The summed E-state index contributed by atoms with van der Waals surface area (Å²) in [4.78, 5) is 14.8. The third-order valence-electron chi connectivity index (χ3n) is 4.43. The highest BCUT2D eigenvalue weighted by atomic mass is 35.5. The first-order chi connectivity index (χ1) is 11.5. The van der Waals surface area contributed by atoms with Gasteiger partial charge in [-0.15, -0.1) is 17.5 Å². The van der Waals surface area contributed by atoms with Gasteiger partial charge in [-0.1, -0.05) is 12.1 Å². The average Bonchev–Trinajstić information content (AvgIpc) is 3.00. The lowest BCUT2D eigenvalue weighted by Crippen LogP contribution is -2.46. The molecule has 3 rings (SSSR count). The number of piperidine rings is 1. The Bertz CT molecular complexity index is 699. The summed E-state index contributed by atoms with van der Waals surface area (Å²) < 4.78 is 14.7. The van der Waals surface area contributed by atoms with E-state index in [4.69, 9.17) is 5.73 Å². The number of hydrogen-bond acceptors (Lipinski definition) is 5. The van der Waals surface area contributed by atoms with Gasteiger partial charge in [0.05, 0.1) is 0 Å². The largest absolute Gasteiger partial charge is 0.341 e. The maximum absolute atomic E-state index is 13.1. The fraction of sp³-hybridized carbons (Fsp3) is 0.500. The minimum atomic E-state index is -0.542. The van der Waals surface area contributed by atoms with Crippen LogP contribution in [0.4, 0.5) is 4.39 Å². The molecule has 0 spiro atoms. The van der Waals surface area contributed by atoms with E-state index >= 15 is 0 Å². The summed E-state index contributed by atoms with van der Waals surface area (Å²) in [5.74, 6) is 0.246. The third-order valence-corrected chi connectivity index (χ3v) is 4.43. The van der Waals surface area contributed by atoms with E-state index in [0.29, 0.717) is 25.3 Å². The molecule has 7 nitrogen and oxygen atoms in total. The first kappa shape index (κ1) is 19.3. The van der Waals surface area contributed by atoms with Crippen LogP contribution in [0.25, 0.3) is 0 Å². The summed E-state index contributed by atoms with van der Waals surface area (Å²) in [6.07, 6.45) is 2.00. The molecule has 0 bridgehead atoms. The second kappa shape index (κ2) is 8.35. The summed E-state index contributed by atoms with van der Waals surface area (Å²) in [6, 6.07) is 5.76. The maximum Gasteiger partial charge on any atom is 0.247 e. The Kier molecular flexibility index (Phi) is 6.44. The highest BCUT2D eigenvalue weighted by Crippen LogP contribution is 2.20. The zero-order valence-electron chi connectivity index (χ0n) is 14.0. The van der Waals surface area contributed by atoms with Gasteiger partial charge in [-0.25, -0.2) is 9.07 Å². The van der Waals surface area contributed by atoms with E-state index in [-0.39, 0.29) is 30.2 Å². The molecule has 1 atom stereocenters. The van der Waals surface area contributed by atoms with Crippen LogP contribution in [-0.2, 0) is 11.2 Å². The fourth-order valence-electron chi connectivity index (χ4n) is 2.98. The number of aryl methyl sites for hydroxylation is 1. The van der Waals surface area contributed by atoms with Gasteiger partial charge in [-0.05, 0) is 47.9 Å². The van der Waals surface area contributed by atoms with Crippen molar-refractivity contribution in [3.8, 4) is 0 Å². The summed E-state index contributed by atoms with van der Waals surface area (Å²) in [7, 11) is 0. The smallest absolute Gasteiger partial charge is 0.247 e. The molecule has 25 heavy (non-hydrogen) atoms. The fourth-order valence-corrected chi connectivity index (χ4v) is 2.98. The SMILES string of the molecule is Cc1nnnn1C(Cc1ccc(F)cc1)C(=O)N1CCC(N)CC1.Cl. The van der Waals surface area contributed by atoms with Crippen molar-refractivity contribution < 1.29 is 9.18 Å². The number of tetrazole rings is 1. The van der Waals surface area contributed by atoms with Gasteiger partial charge in [0.1, 0.15) is 17.7 Å². The number of aromatic nitrogens is 4. The van der Waals surface area contributed by atoms with Crippen molar-refractivity contribution in [1.29, 1.82) is 0 Å². The van der Waals surface area contributed by atoms with Crippen LogP contribution in [0.5, 0.6) is 0 Å². The zero-order chi connectivity index (χ0) is 17.1. The lowest BCUT2D eigenvalue weighted by Gasteiger charge is -2.33. The monoisotopic (exact) mass is 368 g/mol. The number of likely N-dealkylation sites (tertiary alicyclic amines) is 1. The van der Waals surface area contributed by atoms with Crippen LogP contribution in [0.1, 0.15) is 30.3 Å². The van der Waals surface area contributed by atoms with Gasteiger partial charge >= 0.3 is 0 Å². The predicted molar refractivity (Wildman–Crippen MR) is 92.7 cm³/mol. The van der Waals surface area contributed by atoms with Crippen LogP contribution in [0.15, 0.2) is 24.3 Å². The van der Waals surface area contributed by atoms with Gasteiger partial charge in [-0.3, -0.25) is 4.79 Å². The lowest BCUT2D eigenvalue weighted by molar-refractivity contribution is -0.136. The Morgan fingerprint density at radius 2 is 1.96 bits per heavy atom. The van der Waals surface area contributed by atoms with Gasteiger partial charge in [0.25, 0.3) is 0 Å². The van der Waals surface area contributed by atoms with E-state index in [9.17, 15) is 9.18 Å². The van der Waals surface area contributed by atoms with E-state index in [2.05, 4.69) is 15.5 Å². The molecule has 2 aromatic rings. The van der Waals surface area contributed by atoms with Gasteiger partial charge in [-0.2, -0.15) is 0 Å². The molecular formula is C16H22ClFN6O. The van der Waals surface area contributed by atoms with Gasteiger partial charge < -0.3 is 10.6 Å². The minimum Gasteiger partial charge on any atom is -0.341 e. The first-order valence-electron chi connectivity index (χ1n) is 8.08. The maximum atomic E-state index is 13.1. The third kappa shape index (κ3) is 4.52. The van der Waals surface area contributed by atoms with Gasteiger partial charge in [0.15, 0.2) is 0 Å². The minimum absolute atomic E-state index is 0. The molecular weight excluding hydrogens is 347 g/mol. The number of rotatable bonds is 4. The highest BCUT2D eigenvalue weighted by Gasteiger charge is 2.30. The van der Waals surface area contributed by atoms with Crippen molar-refractivity contribution in [2.75, 3.05) is 13.1 Å². The summed E-state index contributed by atoms with van der Waals surface area (Å²) in [5, 5.41) is 11.5. The quantitative estimate of drug-likeness (QED) is 0.877. The Labute approximate surface area is 151 Å². The molecule has 1 aromatic heterocycles. The normalized spacial score (nSPS) is 16.4. The standard InChI is InChI=1S/C16H21FN6O.ClH/c1-11-19-20-21-23(11)15(10-12-2-4-13(17)5-3-12)16(24)22-8-6-14(18)7-9-22;/h2-5,14-15H,6-10,18H2,1H3;1H. The van der Waals surface area contributed by atoms with Gasteiger partial charge in [0.2, 0.25) is 5.91 Å². The van der Waals surface area contributed by atoms with Crippen LogP contribution < -0.4 is 5.73 Å². The summed E-state index contributed by atoms with van der Waals surface area (Å²) in [5.41, 5.74) is 6.78. The molecule has 0 radical (unpaired) electrons. The number of carbonyl (C=O) groups is 1. The molecule has 9 heteroatoms. The van der Waals surface area contributed by atoms with Crippen molar-refractivity contribution in [1.82, 2.24) is 25.1 Å². The Morgan fingerprint density at radius 1 is 1.32 bits per heavy atom. The number of benzene rings is 1. The molecule has 1 aliphatic heterocycles. The molecule has 1 aromatic carbocycles. The zero-order valence-corrected chi connectivity index (χ0v) is 14.8. The van der Waals surface area contributed by atoms with Crippen molar-refractivity contribution >= 4 is 18.3 Å². The molecule has 136 valence electrons. The molecule has 0 aliphatic carbocycles. The van der Waals surface area contributed by atoms with E-state index in [1.54, 1.807) is 23.7 Å². The number of hydrogen-bond donors (Lipinski definition) is 1. The van der Waals surface area contributed by atoms with Crippen molar-refractivity contribution in [3.63, 3.8) is 0 Å². The molecule has 0 saturated carbocycles. The Hall–Kier alpha value is -2.06. The van der Waals surface area contributed by atoms with Crippen LogP contribution >= 0.6 is 12.4 Å². The Balaban J connectivity index is 0.00000225. The second-order valence-corrected chi connectivity index (χ2v) is 6.18. The molecule has 1 unspecified atom stereocenters. The lowest BCUT2D eigenvalue weighted by atomic mass is 10.0. The molecule has 1 amide bonds.